The second-order valence-corrected chi connectivity index (χ2v) is 24.8. The maximum Gasteiger partial charge on any atom is 0.366 e. The molecule has 0 aromatic heterocycles. The van der Waals surface area contributed by atoms with Gasteiger partial charge < -0.3 is 105 Å². The van der Waals surface area contributed by atoms with Crippen LogP contribution < -0.4 is 10.6 Å². The summed E-state index contributed by atoms with van der Waals surface area (Å²) in [5.41, 5.74) is 0. The summed E-state index contributed by atoms with van der Waals surface area (Å²) in [6.07, 6.45) is -26.3. The van der Waals surface area contributed by atoms with Crippen molar-refractivity contribution in [3.05, 3.63) is 0 Å². The van der Waals surface area contributed by atoms with E-state index in [4.69, 9.17) is 94.7 Å². The molecule has 0 aliphatic carbocycles. The number of esters is 12. The highest BCUT2D eigenvalue weighted by molar-refractivity contribution is 5.79. The molecule has 0 bridgehead atoms. The molecule has 578 valence electrons. The van der Waals surface area contributed by atoms with E-state index in [2.05, 4.69) is 17.6 Å². The van der Waals surface area contributed by atoms with E-state index >= 15 is 4.79 Å². The Kier molecular flexibility index (Phi) is 35.8. The number of hydrogen-bond acceptors (Lipinski definition) is 34. The first-order valence-corrected chi connectivity index (χ1v) is 33.7. The van der Waals surface area contributed by atoms with Gasteiger partial charge in [0.25, 0.3) is 5.79 Å². The van der Waals surface area contributed by atoms with Gasteiger partial charge in [-0.15, -0.1) is 0 Å². The van der Waals surface area contributed by atoms with Gasteiger partial charge in [0.2, 0.25) is 11.8 Å². The number of unbranched alkanes of at least 4 members (excludes halogenated alkanes) is 9. The lowest BCUT2D eigenvalue weighted by Crippen LogP contribution is -2.72. The Labute approximate surface area is 590 Å². The first kappa shape index (κ1) is 86.7. The SMILES string of the molecule is CCCCCCCCCCCCO[C@@H]1O[C@H](COC(C)=O)[C@@H](O[C@@H]2O[C@H](COC(C)=O)[C@H](OC(C)=O)[C@H](O[C@]3(C(=O)OC)C[C@H](OC(C)=O)[C@@H](NC(C)=O)[C@H]([C@H](OC(C)=O)[C@@H](COC(C)=O)OC(C)=O)O3)[C@H]2OC(C)=O)[C@H](O[C@@H]2O[C@@H](C)[C@@H](OC(C)=O)[C@@H](OC(C)=O)[C@@H]2OC(C)=O)[C@H]1NC(C)=O. The first-order chi connectivity index (χ1) is 48.0. The Morgan fingerprint density at radius 1 is 0.441 bits per heavy atom. The van der Waals surface area contributed by atoms with Crippen molar-refractivity contribution in [2.24, 2.45) is 0 Å². The van der Waals surface area contributed by atoms with E-state index < -0.39 is 238 Å². The first-order valence-electron chi connectivity index (χ1n) is 33.7. The van der Waals surface area contributed by atoms with Crippen LogP contribution in [0.4, 0.5) is 0 Å². The van der Waals surface area contributed by atoms with Crippen molar-refractivity contribution >= 4 is 83.4 Å². The summed E-state index contributed by atoms with van der Waals surface area (Å²) in [7, 11) is 0.824. The van der Waals surface area contributed by atoms with Crippen LogP contribution in [0.2, 0.25) is 0 Å². The zero-order valence-electron chi connectivity index (χ0n) is 60.5. The summed E-state index contributed by atoms with van der Waals surface area (Å²) in [5.74, 6) is -17.8. The summed E-state index contributed by atoms with van der Waals surface area (Å²) in [6, 6.07) is -3.41. The lowest BCUT2D eigenvalue weighted by molar-refractivity contribution is -0.391. The molecule has 4 saturated heterocycles. The number of amides is 2. The fourth-order valence-electron chi connectivity index (χ4n) is 12.1. The van der Waals surface area contributed by atoms with Gasteiger partial charge in [0, 0.05) is 96.6 Å². The molecule has 4 rings (SSSR count). The highest BCUT2D eigenvalue weighted by Gasteiger charge is 2.65. The molecule has 2 amide bonds. The van der Waals surface area contributed by atoms with Gasteiger partial charge in [-0.3, -0.25) is 62.3 Å². The third-order valence-corrected chi connectivity index (χ3v) is 15.9. The van der Waals surface area contributed by atoms with Crippen LogP contribution in [-0.2, 0) is 162 Å². The minimum Gasteiger partial charge on any atom is -0.465 e. The minimum absolute atomic E-state index is 0.0387. The summed E-state index contributed by atoms with van der Waals surface area (Å²) in [6.45, 7) is 13.5. The number of hydrogen-bond donors (Lipinski definition) is 2. The fraction of sp³-hybridized carbons (Fsp3) is 0.788. The Balaban J connectivity index is 2.15. The van der Waals surface area contributed by atoms with Gasteiger partial charge in [0.1, 0.15) is 68.6 Å². The van der Waals surface area contributed by atoms with Crippen LogP contribution in [0.1, 0.15) is 174 Å². The normalized spacial score (nSPS) is 29.6. The maximum atomic E-state index is 15.1. The van der Waals surface area contributed by atoms with Gasteiger partial charge in [-0.2, -0.15) is 0 Å². The predicted octanol–water partition coefficient (Wildman–Crippen LogP) is 2.08. The Morgan fingerprint density at radius 2 is 0.882 bits per heavy atom. The van der Waals surface area contributed by atoms with Gasteiger partial charge >= 0.3 is 71.6 Å². The zero-order valence-corrected chi connectivity index (χ0v) is 60.5. The van der Waals surface area contributed by atoms with E-state index in [0.29, 0.717) is 12.8 Å². The van der Waals surface area contributed by atoms with Crippen LogP contribution in [0.15, 0.2) is 0 Å². The number of carbonyl (C=O) groups is 14. The number of rotatable bonds is 37. The summed E-state index contributed by atoms with van der Waals surface area (Å²) < 4.78 is 121. The molecule has 21 atom stereocenters. The van der Waals surface area contributed by atoms with Crippen molar-refractivity contribution in [3.8, 4) is 0 Å². The van der Waals surface area contributed by atoms with Gasteiger partial charge in [-0.05, 0) is 13.3 Å². The number of nitrogens with one attached hydrogen (secondary N) is 2. The van der Waals surface area contributed by atoms with Crippen molar-refractivity contribution in [1.29, 1.82) is 0 Å². The standard InChI is InChI=1S/C66H100N2O34/c1-17-18-19-20-21-22-23-24-25-26-27-84-62-51(68-34(4)70)56(100-63-60(95-44(14)80)58(94-43(13)79)52(32(2)88-63)91-40(10)76)53(48(97-62)30-86-36(6)72)99-64-61(96-45(15)81)59(55(93-42(12)78)49(98-64)31-87-37(7)73)102-66(65(82)83-16)28-46(89-38(8)74)50(67-33(3)69)57(101-66)54(92-41(11)77)47(90-39(9)75)29-85-35(5)71/h32,46-64H,17-31H2,1-16H3,(H,67,69)(H,68,70)/t32-,46-,47+,48+,49+,50+,51+,52+,53+,54+,55-,56+,57+,58+,59-,60-,61+,62+,63-,64-,66-/m0/s1. The third kappa shape index (κ3) is 27.5. The van der Waals surface area contributed by atoms with Crippen molar-refractivity contribution < 1.29 is 162 Å². The molecule has 0 spiro atoms. The van der Waals surface area contributed by atoms with Gasteiger partial charge in [-0.1, -0.05) is 64.7 Å². The molecule has 4 fully saturated rings. The molecule has 4 heterocycles. The van der Waals surface area contributed by atoms with E-state index in [9.17, 15) is 62.3 Å². The van der Waals surface area contributed by atoms with E-state index in [0.717, 1.165) is 148 Å². The average Bonchev–Trinajstić information content (AvgIpc) is 0.746. The lowest BCUT2D eigenvalue weighted by Gasteiger charge is -2.53. The molecule has 0 radical (unpaired) electrons. The van der Waals surface area contributed by atoms with Crippen LogP contribution in [-0.4, -0.2) is 245 Å². The minimum atomic E-state index is -3.24. The summed E-state index contributed by atoms with van der Waals surface area (Å²) >= 11 is 0. The Hall–Kier alpha value is -7.74. The fourth-order valence-corrected chi connectivity index (χ4v) is 12.1. The zero-order chi connectivity index (χ0) is 76.3. The van der Waals surface area contributed by atoms with Crippen LogP contribution in [0.5, 0.6) is 0 Å². The molecule has 0 aromatic carbocycles. The molecular formula is C66H100N2O34. The van der Waals surface area contributed by atoms with Gasteiger partial charge in [-0.25, -0.2) is 4.79 Å². The van der Waals surface area contributed by atoms with Crippen LogP contribution in [0.25, 0.3) is 0 Å². The van der Waals surface area contributed by atoms with Gasteiger partial charge in [0.15, 0.2) is 61.6 Å². The molecule has 36 heteroatoms. The highest BCUT2D eigenvalue weighted by atomic mass is 16.8. The van der Waals surface area contributed by atoms with E-state index in [1.807, 2.05) is 0 Å². The van der Waals surface area contributed by atoms with Crippen LogP contribution >= 0.6 is 0 Å². The largest absolute Gasteiger partial charge is 0.465 e. The maximum absolute atomic E-state index is 15.1. The van der Waals surface area contributed by atoms with Crippen molar-refractivity contribution in [2.45, 2.75) is 303 Å². The molecule has 36 nitrogen and oxygen atoms in total. The number of carbonyl (C=O) groups excluding carboxylic acids is 14. The lowest BCUT2D eigenvalue weighted by atomic mass is 9.87. The van der Waals surface area contributed by atoms with Gasteiger partial charge in [0.05, 0.1) is 25.7 Å². The Morgan fingerprint density at radius 3 is 1.37 bits per heavy atom. The van der Waals surface area contributed by atoms with Crippen molar-refractivity contribution in [2.75, 3.05) is 33.5 Å². The second kappa shape index (κ2) is 42.1. The predicted molar refractivity (Wildman–Crippen MR) is 338 cm³/mol. The van der Waals surface area contributed by atoms with E-state index in [1.54, 1.807) is 0 Å². The molecule has 2 N–H and O–H groups in total. The van der Waals surface area contributed by atoms with Crippen molar-refractivity contribution in [3.63, 3.8) is 0 Å². The van der Waals surface area contributed by atoms with Crippen molar-refractivity contribution in [1.82, 2.24) is 10.6 Å². The molecule has 4 aliphatic rings. The smallest absolute Gasteiger partial charge is 0.366 e. The van der Waals surface area contributed by atoms with E-state index in [1.165, 1.54) is 6.92 Å². The van der Waals surface area contributed by atoms with Crippen LogP contribution in [0, 0.1) is 0 Å². The molecule has 0 aromatic rings. The molecular weight excluding hydrogens is 1360 g/mol. The molecule has 0 unspecified atom stereocenters. The number of ether oxygens (including phenoxy) is 20. The van der Waals surface area contributed by atoms with E-state index in [-0.39, 0.29) is 6.61 Å². The van der Waals surface area contributed by atoms with Crippen LogP contribution in [0.3, 0.4) is 0 Å². The average molecular weight is 1470 g/mol. The highest BCUT2D eigenvalue weighted by Crippen LogP contribution is 2.43. The molecule has 0 saturated carbocycles. The molecule has 4 aliphatic heterocycles. The second-order valence-electron chi connectivity index (χ2n) is 24.8. The molecule has 102 heavy (non-hydrogen) atoms. The monoisotopic (exact) mass is 1460 g/mol. The Bertz CT molecular complexity index is 2870. The quantitative estimate of drug-likeness (QED) is 0.0511. The summed E-state index contributed by atoms with van der Waals surface area (Å²) in [5, 5.41) is 5.28. The topological polar surface area (TPSA) is 448 Å². The summed E-state index contributed by atoms with van der Waals surface area (Å²) in [4.78, 5) is 186. The number of methoxy groups -OCH3 is 1. The third-order valence-electron chi connectivity index (χ3n) is 15.9.